The second-order valence-electron chi connectivity index (χ2n) is 3.46. The number of hydrogen-bond donors (Lipinski definition) is 0. The van der Waals surface area contributed by atoms with Gasteiger partial charge < -0.3 is 0 Å². The number of rotatable bonds is 0. The van der Waals surface area contributed by atoms with Gasteiger partial charge in [0.25, 0.3) is 0 Å². The lowest BCUT2D eigenvalue weighted by molar-refractivity contribution is 0.728. The van der Waals surface area contributed by atoms with Gasteiger partial charge in [-0.05, 0) is 11.1 Å². The maximum atomic E-state index is 4.25. The second kappa shape index (κ2) is 2.22. The van der Waals surface area contributed by atoms with Crippen molar-refractivity contribution in [3.05, 3.63) is 41.7 Å². The Labute approximate surface area is 76.8 Å². The molecule has 1 aliphatic rings. The van der Waals surface area contributed by atoms with E-state index in [-0.39, 0.29) is 0 Å². The Bertz CT molecular complexity index is 469. The quantitative estimate of drug-likeness (QED) is 0.504. The van der Waals surface area contributed by atoms with Crippen molar-refractivity contribution < 1.29 is 0 Å². The lowest BCUT2D eigenvalue weighted by Gasteiger charge is -1.96. The molecule has 1 heterocycles. The highest BCUT2D eigenvalue weighted by Gasteiger charge is 2.20. The SMILES string of the molecule is Cn1ncc2c1Cc1ccccc1-2. The van der Waals surface area contributed by atoms with Crippen LogP contribution in [-0.4, -0.2) is 9.78 Å². The average Bonchev–Trinajstić information content (AvgIpc) is 2.67. The van der Waals surface area contributed by atoms with Crippen LogP contribution in [0.15, 0.2) is 30.5 Å². The number of fused-ring (bicyclic) bond motifs is 3. The molecule has 0 unspecified atom stereocenters. The molecule has 0 saturated carbocycles. The van der Waals surface area contributed by atoms with Crippen LogP contribution in [0.2, 0.25) is 0 Å². The molecule has 1 aliphatic carbocycles. The summed E-state index contributed by atoms with van der Waals surface area (Å²) in [6.45, 7) is 0. The zero-order chi connectivity index (χ0) is 8.84. The maximum Gasteiger partial charge on any atom is 0.0571 e. The molecule has 0 saturated heterocycles. The number of nitrogens with zero attached hydrogens (tertiary/aromatic N) is 2. The van der Waals surface area contributed by atoms with Crippen molar-refractivity contribution >= 4 is 0 Å². The van der Waals surface area contributed by atoms with Gasteiger partial charge in [0.05, 0.1) is 11.9 Å². The van der Waals surface area contributed by atoms with E-state index in [2.05, 4.69) is 29.4 Å². The maximum absolute atomic E-state index is 4.25. The van der Waals surface area contributed by atoms with Crippen molar-refractivity contribution in [1.82, 2.24) is 9.78 Å². The topological polar surface area (TPSA) is 17.8 Å². The van der Waals surface area contributed by atoms with Gasteiger partial charge in [-0.3, -0.25) is 4.68 Å². The average molecular weight is 170 g/mol. The van der Waals surface area contributed by atoms with Gasteiger partial charge in [0, 0.05) is 19.0 Å². The summed E-state index contributed by atoms with van der Waals surface area (Å²) in [5, 5.41) is 4.25. The van der Waals surface area contributed by atoms with Crippen LogP contribution in [0.4, 0.5) is 0 Å². The van der Waals surface area contributed by atoms with Crippen LogP contribution in [0.5, 0.6) is 0 Å². The van der Waals surface area contributed by atoms with Gasteiger partial charge in [-0.15, -0.1) is 0 Å². The first-order chi connectivity index (χ1) is 6.36. The molecular weight excluding hydrogens is 160 g/mol. The van der Waals surface area contributed by atoms with Gasteiger partial charge in [-0.2, -0.15) is 5.10 Å². The van der Waals surface area contributed by atoms with E-state index in [4.69, 9.17) is 0 Å². The molecule has 0 atom stereocenters. The molecule has 2 heteroatoms. The molecule has 2 nitrogen and oxygen atoms in total. The summed E-state index contributed by atoms with van der Waals surface area (Å²) in [5.41, 5.74) is 5.41. The monoisotopic (exact) mass is 170 g/mol. The van der Waals surface area contributed by atoms with Crippen molar-refractivity contribution in [1.29, 1.82) is 0 Å². The lowest BCUT2D eigenvalue weighted by Crippen LogP contribution is -1.95. The Hall–Kier alpha value is -1.57. The number of aromatic nitrogens is 2. The number of aryl methyl sites for hydroxylation is 1. The van der Waals surface area contributed by atoms with E-state index in [1.807, 2.05) is 17.9 Å². The predicted octanol–water partition coefficient (Wildman–Crippen LogP) is 1.99. The van der Waals surface area contributed by atoms with E-state index in [1.54, 1.807) is 0 Å². The van der Waals surface area contributed by atoms with Crippen LogP contribution in [0.1, 0.15) is 11.3 Å². The minimum atomic E-state index is 1.03. The largest absolute Gasteiger partial charge is 0.272 e. The van der Waals surface area contributed by atoms with Crippen LogP contribution in [0, 0.1) is 0 Å². The highest BCUT2D eigenvalue weighted by Crippen LogP contribution is 2.35. The van der Waals surface area contributed by atoms with Crippen LogP contribution in [0.3, 0.4) is 0 Å². The molecule has 3 rings (SSSR count). The molecular formula is C11H10N2. The second-order valence-corrected chi connectivity index (χ2v) is 3.46. The fourth-order valence-corrected chi connectivity index (χ4v) is 2.02. The van der Waals surface area contributed by atoms with E-state index >= 15 is 0 Å². The highest BCUT2D eigenvalue weighted by molar-refractivity contribution is 5.74. The summed E-state index contributed by atoms with van der Waals surface area (Å²) >= 11 is 0. The van der Waals surface area contributed by atoms with Crippen molar-refractivity contribution in [3.8, 4) is 11.1 Å². The Morgan fingerprint density at radius 2 is 2.08 bits per heavy atom. The van der Waals surface area contributed by atoms with Crippen LogP contribution in [0.25, 0.3) is 11.1 Å². The standard InChI is InChI=1S/C11H10N2/c1-13-11-6-8-4-2-3-5-9(8)10(11)7-12-13/h2-5,7H,6H2,1H3. The van der Waals surface area contributed by atoms with Gasteiger partial charge in [-0.25, -0.2) is 0 Å². The van der Waals surface area contributed by atoms with Crippen LogP contribution < -0.4 is 0 Å². The Balaban J connectivity index is 2.32. The third-order valence-electron chi connectivity index (χ3n) is 2.73. The first-order valence-electron chi connectivity index (χ1n) is 4.45. The minimum Gasteiger partial charge on any atom is -0.272 e. The molecule has 1 aromatic carbocycles. The third-order valence-corrected chi connectivity index (χ3v) is 2.73. The lowest BCUT2D eigenvalue weighted by atomic mass is 10.1. The molecule has 0 aliphatic heterocycles. The third kappa shape index (κ3) is 0.800. The number of hydrogen-bond acceptors (Lipinski definition) is 1. The molecule has 1 aromatic heterocycles. The zero-order valence-electron chi connectivity index (χ0n) is 7.49. The van der Waals surface area contributed by atoms with Gasteiger partial charge in [0.2, 0.25) is 0 Å². The van der Waals surface area contributed by atoms with Crippen molar-refractivity contribution in [2.45, 2.75) is 6.42 Å². The van der Waals surface area contributed by atoms with Crippen LogP contribution >= 0.6 is 0 Å². The van der Waals surface area contributed by atoms with Gasteiger partial charge >= 0.3 is 0 Å². The fourth-order valence-electron chi connectivity index (χ4n) is 2.02. The molecule has 0 amide bonds. The molecule has 0 spiro atoms. The molecule has 0 N–H and O–H groups in total. The summed E-state index contributed by atoms with van der Waals surface area (Å²) in [6.07, 6.45) is 2.99. The predicted molar refractivity (Wildman–Crippen MR) is 51.5 cm³/mol. The van der Waals surface area contributed by atoms with Gasteiger partial charge in [0.1, 0.15) is 0 Å². The summed E-state index contributed by atoms with van der Waals surface area (Å²) < 4.78 is 1.97. The van der Waals surface area contributed by atoms with Crippen molar-refractivity contribution in [2.75, 3.05) is 0 Å². The molecule has 13 heavy (non-hydrogen) atoms. The molecule has 64 valence electrons. The normalized spacial score (nSPS) is 12.7. The molecule has 0 bridgehead atoms. The van der Waals surface area contributed by atoms with E-state index in [0.717, 1.165) is 6.42 Å². The van der Waals surface area contributed by atoms with E-state index in [1.165, 1.54) is 22.4 Å². The van der Waals surface area contributed by atoms with Crippen LogP contribution in [-0.2, 0) is 13.5 Å². The summed E-state index contributed by atoms with van der Waals surface area (Å²) in [4.78, 5) is 0. The Kier molecular flexibility index (Phi) is 1.18. The first kappa shape index (κ1) is 6.89. The summed E-state index contributed by atoms with van der Waals surface area (Å²) in [6, 6.07) is 8.54. The Morgan fingerprint density at radius 1 is 1.23 bits per heavy atom. The van der Waals surface area contributed by atoms with Gasteiger partial charge in [-0.1, -0.05) is 24.3 Å². The smallest absolute Gasteiger partial charge is 0.0571 e. The molecule has 0 fully saturated rings. The zero-order valence-corrected chi connectivity index (χ0v) is 7.49. The number of benzene rings is 1. The van der Waals surface area contributed by atoms with E-state index < -0.39 is 0 Å². The summed E-state index contributed by atoms with van der Waals surface area (Å²) in [5.74, 6) is 0. The first-order valence-corrected chi connectivity index (χ1v) is 4.45. The minimum absolute atomic E-state index is 1.03. The molecule has 2 aromatic rings. The Morgan fingerprint density at radius 3 is 3.00 bits per heavy atom. The fraction of sp³-hybridized carbons (Fsp3) is 0.182. The van der Waals surface area contributed by atoms with Crippen molar-refractivity contribution in [3.63, 3.8) is 0 Å². The highest BCUT2D eigenvalue weighted by atomic mass is 15.3. The van der Waals surface area contributed by atoms with Crippen molar-refractivity contribution in [2.24, 2.45) is 7.05 Å². The summed E-state index contributed by atoms with van der Waals surface area (Å²) in [7, 11) is 2.00. The molecule has 0 radical (unpaired) electrons. The van der Waals surface area contributed by atoms with E-state index in [9.17, 15) is 0 Å². The van der Waals surface area contributed by atoms with Gasteiger partial charge in [0.15, 0.2) is 0 Å². The van der Waals surface area contributed by atoms with E-state index in [0.29, 0.717) is 0 Å².